The summed E-state index contributed by atoms with van der Waals surface area (Å²) in [6.45, 7) is 9.50. The Kier molecular flexibility index (Phi) is 7.44. The van der Waals surface area contributed by atoms with E-state index in [2.05, 4.69) is 24.1 Å². The largest absolute Gasteiger partial charge is 0.395 e. The van der Waals surface area contributed by atoms with Gasteiger partial charge >= 0.3 is 0 Å². The summed E-state index contributed by atoms with van der Waals surface area (Å²) in [7, 11) is 0. The molecular formula is C17H34N2O2. The first-order valence-electron chi connectivity index (χ1n) is 8.94. The number of hydrogen-bond donors (Lipinski definition) is 2. The molecule has 0 amide bonds. The Labute approximate surface area is 130 Å². The standard InChI is InChI=1S/C17H34N2O2/c1-3-7-18-17-6-5-14(4-2)10-15(17)11-19-8-9-21-13-16(19)12-20/h14-18,20H,3-13H2,1-2H3. The van der Waals surface area contributed by atoms with Crippen LogP contribution >= 0.6 is 0 Å². The zero-order valence-corrected chi connectivity index (χ0v) is 13.9. The number of nitrogens with one attached hydrogen (secondary N) is 1. The lowest BCUT2D eigenvalue weighted by molar-refractivity contribution is -0.0393. The van der Waals surface area contributed by atoms with Gasteiger partial charge in [-0.2, -0.15) is 0 Å². The van der Waals surface area contributed by atoms with Crippen LogP contribution < -0.4 is 5.32 Å². The van der Waals surface area contributed by atoms with E-state index in [1.807, 2.05) is 0 Å². The molecule has 2 aliphatic rings. The van der Waals surface area contributed by atoms with Crippen LogP contribution in [0.3, 0.4) is 0 Å². The molecule has 2 N–H and O–H groups in total. The van der Waals surface area contributed by atoms with Crippen molar-refractivity contribution in [2.75, 3.05) is 39.5 Å². The maximum Gasteiger partial charge on any atom is 0.0644 e. The molecule has 4 nitrogen and oxygen atoms in total. The summed E-state index contributed by atoms with van der Waals surface area (Å²) in [6, 6.07) is 0.863. The van der Waals surface area contributed by atoms with E-state index in [1.54, 1.807) is 0 Å². The van der Waals surface area contributed by atoms with Crippen LogP contribution in [0.15, 0.2) is 0 Å². The Balaban J connectivity index is 1.93. The van der Waals surface area contributed by atoms with Crippen LogP contribution in [0.5, 0.6) is 0 Å². The molecule has 2 fully saturated rings. The lowest BCUT2D eigenvalue weighted by Gasteiger charge is -2.42. The predicted octanol–water partition coefficient (Wildman–Crippen LogP) is 1.87. The maximum atomic E-state index is 9.56. The third-order valence-electron chi connectivity index (χ3n) is 5.35. The van der Waals surface area contributed by atoms with Crippen molar-refractivity contribution in [3.05, 3.63) is 0 Å². The number of aliphatic hydroxyl groups is 1. The van der Waals surface area contributed by atoms with Gasteiger partial charge in [-0.1, -0.05) is 20.3 Å². The van der Waals surface area contributed by atoms with E-state index < -0.39 is 0 Å². The molecule has 4 heteroatoms. The third-order valence-corrected chi connectivity index (χ3v) is 5.35. The fourth-order valence-electron chi connectivity index (χ4n) is 3.93. The number of hydrogen-bond acceptors (Lipinski definition) is 4. The lowest BCUT2D eigenvalue weighted by atomic mass is 9.76. The molecule has 4 atom stereocenters. The van der Waals surface area contributed by atoms with Gasteiger partial charge in [0.25, 0.3) is 0 Å². The number of aliphatic hydroxyl groups excluding tert-OH is 1. The van der Waals surface area contributed by atoms with Gasteiger partial charge in [0, 0.05) is 19.1 Å². The number of nitrogens with zero attached hydrogens (tertiary/aromatic N) is 1. The van der Waals surface area contributed by atoms with Crippen molar-refractivity contribution in [1.82, 2.24) is 10.2 Å². The Hall–Kier alpha value is -0.160. The van der Waals surface area contributed by atoms with Crippen molar-refractivity contribution >= 4 is 0 Å². The lowest BCUT2D eigenvalue weighted by Crippen LogP contribution is -2.53. The van der Waals surface area contributed by atoms with Gasteiger partial charge in [-0.15, -0.1) is 0 Å². The Morgan fingerprint density at radius 1 is 1.29 bits per heavy atom. The van der Waals surface area contributed by atoms with Crippen LogP contribution in [-0.4, -0.2) is 61.5 Å². The molecule has 1 saturated heterocycles. The Morgan fingerprint density at radius 2 is 2.14 bits per heavy atom. The minimum absolute atomic E-state index is 0.201. The first kappa shape index (κ1) is 17.2. The van der Waals surface area contributed by atoms with Gasteiger partial charge in [-0.3, -0.25) is 4.90 Å². The summed E-state index contributed by atoms with van der Waals surface area (Å²) < 4.78 is 5.51. The van der Waals surface area contributed by atoms with E-state index in [9.17, 15) is 5.11 Å². The minimum atomic E-state index is 0.201. The predicted molar refractivity (Wildman–Crippen MR) is 86.5 cm³/mol. The van der Waals surface area contributed by atoms with Gasteiger partial charge in [0.1, 0.15) is 0 Å². The van der Waals surface area contributed by atoms with Crippen molar-refractivity contribution in [2.45, 2.75) is 58.0 Å². The molecule has 0 bridgehead atoms. The smallest absolute Gasteiger partial charge is 0.0644 e. The summed E-state index contributed by atoms with van der Waals surface area (Å²) in [5.74, 6) is 1.62. The number of morpholine rings is 1. The monoisotopic (exact) mass is 298 g/mol. The second kappa shape index (κ2) is 9.09. The second-order valence-electron chi connectivity index (χ2n) is 6.81. The SMILES string of the molecule is CCCNC1CCC(CC)CC1CN1CCOCC1CO. The number of ether oxygens (including phenoxy) is 1. The first-order valence-corrected chi connectivity index (χ1v) is 8.94. The molecule has 0 aromatic carbocycles. The highest BCUT2D eigenvalue weighted by molar-refractivity contribution is 4.88. The van der Waals surface area contributed by atoms with E-state index in [4.69, 9.17) is 4.74 Å². The molecule has 0 aromatic heterocycles. The zero-order valence-electron chi connectivity index (χ0n) is 13.9. The molecule has 2 rings (SSSR count). The molecule has 1 aliphatic heterocycles. The van der Waals surface area contributed by atoms with Crippen LogP contribution in [0, 0.1) is 11.8 Å². The minimum Gasteiger partial charge on any atom is -0.395 e. The quantitative estimate of drug-likeness (QED) is 0.753. The van der Waals surface area contributed by atoms with Gasteiger partial charge in [0.15, 0.2) is 0 Å². The van der Waals surface area contributed by atoms with Crippen molar-refractivity contribution in [3.63, 3.8) is 0 Å². The summed E-state index contributed by atoms with van der Waals surface area (Å²) in [5.41, 5.74) is 0. The van der Waals surface area contributed by atoms with Crippen LogP contribution in [0.1, 0.15) is 46.0 Å². The van der Waals surface area contributed by atoms with E-state index >= 15 is 0 Å². The topological polar surface area (TPSA) is 44.7 Å². The van der Waals surface area contributed by atoms with Crippen LogP contribution in [0.4, 0.5) is 0 Å². The van der Waals surface area contributed by atoms with E-state index in [-0.39, 0.29) is 12.6 Å². The first-order chi connectivity index (χ1) is 10.3. The average molecular weight is 298 g/mol. The summed E-state index contributed by atoms with van der Waals surface area (Å²) >= 11 is 0. The van der Waals surface area contributed by atoms with Crippen LogP contribution in [-0.2, 0) is 4.74 Å². The molecule has 0 radical (unpaired) electrons. The molecule has 0 aromatic rings. The highest BCUT2D eigenvalue weighted by atomic mass is 16.5. The molecule has 124 valence electrons. The highest BCUT2D eigenvalue weighted by Gasteiger charge is 2.33. The molecule has 21 heavy (non-hydrogen) atoms. The molecule has 1 saturated carbocycles. The molecule has 1 heterocycles. The van der Waals surface area contributed by atoms with Crippen LogP contribution in [0.25, 0.3) is 0 Å². The third kappa shape index (κ3) is 4.92. The molecule has 1 aliphatic carbocycles. The fourth-order valence-corrected chi connectivity index (χ4v) is 3.93. The van der Waals surface area contributed by atoms with E-state index in [0.29, 0.717) is 12.6 Å². The van der Waals surface area contributed by atoms with Crippen molar-refractivity contribution in [2.24, 2.45) is 11.8 Å². The summed E-state index contributed by atoms with van der Waals surface area (Å²) in [6.07, 6.45) is 6.55. The fraction of sp³-hybridized carbons (Fsp3) is 1.00. The van der Waals surface area contributed by atoms with Gasteiger partial charge in [-0.25, -0.2) is 0 Å². The second-order valence-corrected chi connectivity index (χ2v) is 6.81. The van der Waals surface area contributed by atoms with Gasteiger partial charge in [0.2, 0.25) is 0 Å². The Bertz CT molecular complexity index is 288. The van der Waals surface area contributed by atoms with Crippen molar-refractivity contribution in [3.8, 4) is 0 Å². The van der Waals surface area contributed by atoms with Gasteiger partial charge < -0.3 is 15.2 Å². The van der Waals surface area contributed by atoms with Gasteiger partial charge in [-0.05, 0) is 44.1 Å². The summed E-state index contributed by atoms with van der Waals surface area (Å²) in [5, 5.41) is 13.3. The van der Waals surface area contributed by atoms with Crippen LogP contribution in [0.2, 0.25) is 0 Å². The number of rotatable bonds is 7. The zero-order chi connectivity index (χ0) is 15.1. The molecule has 4 unspecified atom stereocenters. The summed E-state index contributed by atoms with van der Waals surface area (Å²) in [4.78, 5) is 2.47. The van der Waals surface area contributed by atoms with Gasteiger partial charge in [0.05, 0.1) is 25.9 Å². The van der Waals surface area contributed by atoms with E-state index in [0.717, 1.165) is 38.1 Å². The average Bonchev–Trinajstić information content (AvgIpc) is 2.54. The van der Waals surface area contributed by atoms with Crippen molar-refractivity contribution in [1.29, 1.82) is 0 Å². The highest BCUT2D eigenvalue weighted by Crippen LogP contribution is 2.32. The molecular weight excluding hydrogens is 264 g/mol. The molecule has 0 spiro atoms. The van der Waals surface area contributed by atoms with Crippen molar-refractivity contribution < 1.29 is 9.84 Å². The maximum absolute atomic E-state index is 9.56. The normalized spacial score (nSPS) is 35.0. The van der Waals surface area contributed by atoms with E-state index in [1.165, 1.54) is 32.1 Å². The Morgan fingerprint density at radius 3 is 2.86 bits per heavy atom.